The van der Waals surface area contributed by atoms with E-state index < -0.39 is 6.04 Å². The Kier molecular flexibility index (Phi) is 11.0. The SMILES string of the molecule is CCCCNC(=O)[C@H](Cc1ccccc1)N(Cc1cccc(OC)c1)C(=O)COc1ccccc1C(C)(C)C. The lowest BCUT2D eigenvalue weighted by Gasteiger charge is -2.32. The summed E-state index contributed by atoms with van der Waals surface area (Å²) in [6.45, 7) is 9.06. The van der Waals surface area contributed by atoms with Gasteiger partial charge in [-0.15, -0.1) is 0 Å². The van der Waals surface area contributed by atoms with Crippen molar-refractivity contribution in [3.8, 4) is 11.5 Å². The van der Waals surface area contributed by atoms with Gasteiger partial charge in [0.05, 0.1) is 7.11 Å². The average molecular weight is 531 g/mol. The Morgan fingerprint density at radius 1 is 0.923 bits per heavy atom. The first-order chi connectivity index (χ1) is 18.7. The summed E-state index contributed by atoms with van der Waals surface area (Å²) < 4.78 is 11.5. The molecule has 1 atom stereocenters. The lowest BCUT2D eigenvalue weighted by molar-refractivity contribution is -0.142. The Bertz CT molecular complexity index is 1200. The molecule has 0 aliphatic carbocycles. The highest BCUT2D eigenvalue weighted by Crippen LogP contribution is 2.31. The van der Waals surface area contributed by atoms with Crippen LogP contribution in [-0.4, -0.2) is 43.0 Å². The zero-order chi connectivity index (χ0) is 28.3. The van der Waals surface area contributed by atoms with Crippen LogP contribution in [0.25, 0.3) is 0 Å². The van der Waals surface area contributed by atoms with Crippen LogP contribution in [0.4, 0.5) is 0 Å². The maximum Gasteiger partial charge on any atom is 0.261 e. The van der Waals surface area contributed by atoms with Crippen molar-refractivity contribution in [3.63, 3.8) is 0 Å². The highest BCUT2D eigenvalue weighted by Gasteiger charge is 2.31. The summed E-state index contributed by atoms with van der Waals surface area (Å²) in [7, 11) is 1.61. The van der Waals surface area contributed by atoms with Gasteiger partial charge in [0.2, 0.25) is 5.91 Å². The number of methoxy groups -OCH3 is 1. The van der Waals surface area contributed by atoms with Crippen LogP contribution < -0.4 is 14.8 Å². The minimum Gasteiger partial charge on any atom is -0.497 e. The second-order valence-corrected chi connectivity index (χ2v) is 10.8. The molecule has 0 spiro atoms. The molecule has 0 unspecified atom stereocenters. The van der Waals surface area contributed by atoms with E-state index in [2.05, 4.69) is 33.0 Å². The standard InChI is InChI=1S/C33H42N2O4/c1-6-7-20-34-32(37)29(22-25-14-9-8-10-15-25)35(23-26-16-13-17-27(21-26)38-5)31(36)24-39-30-19-12-11-18-28(30)33(2,3)4/h8-19,21,29H,6-7,20,22-24H2,1-5H3,(H,34,37)/t29-/m0/s1. The van der Waals surface area contributed by atoms with E-state index >= 15 is 0 Å². The lowest BCUT2D eigenvalue weighted by atomic mass is 9.86. The molecule has 0 aromatic heterocycles. The van der Waals surface area contributed by atoms with E-state index in [-0.39, 0.29) is 30.4 Å². The summed E-state index contributed by atoms with van der Waals surface area (Å²) >= 11 is 0. The van der Waals surface area contributed by atoms with E-state index in [4.69, 9.17) is 9.47 Å². The fourth-order valence-corrected chi connectivity index (χ4v) is 4.46. The van der Waals surface area contributed by atoms with Crippen LogP contribution in [0.2, 0.25) is 0 Å². The quantitative estimate of drug-likeness (QED) is 0.278. The topological polar surface area (TPSA) is 67.9 Å². The second-order valence-electron chi connectivity index (χ2n) is 10.8. The minimum atomic E-state index is -0.704. The van der Waals surface area contributed by atoms with Gasteiger partial charge in [-0.05, 0) is 46.7 Å². The van der Waals surface area contributed by atoms with Gasteiger partial charge in [0.1, 0.15) is 17.5 Å². The van der Waals surface area contributed by atoms with Crippen molar-refractivity contribution < 1.29 is 19.1 Å². The molecule has 0 heterocycles. The minimum absolute atomic E-state index is 0.144. The number of ether oxygens (including phenoxy) is 2. The van der Waals surface area contributed by atoms with E-state index in [1.54, 1.807) is 12.0 Å². The summed E-state index contributed by atoms with van der Waals surface area (Å²) in [5.74, 6) is 0.945. The van der Waals surface area contributed by atoms with Crippen molar-refractivity contribution in [2.75, 3.05) is 20.3 Å². The first kappa shape index (κ1) is 29.8. The third-order valence-electron chi connectivity index (χ3n) is 6.63. The maximum absolute atomic E-state index is 13.9. The summed E-state index contributed by atoms with van der Waals surface area (Å²) in [4.78, 5) is 29.1. The van der Waals surface area contributed by atoms with Crippen LogP contribution in [0.1, 0.15) is 57.2 Å². The first-order valence-corrected chi connectivity index (χ1v) is 13.7. The highest BCUT2D eigenvalue weighted by molar-refractivity contribution is 5.88. The van der Waals surface area contributed by atoms with E-state index in [1.165, 1.54) is 0 Å². The summed E-state index contributed by atoms with van der Waals surface area (Å²) in [5, 5.41) is 3.05. The Labute approximate surface area is 233 Å². The number of para-hydroxylation sites is 1. The number of carbonyl (C=O) groups is 2. The molecule has 0 radical (unpaired) electrons. The van der Waals surface area contributed by atoms with Crippen LogP contribution in [-0.2, 0) is 28.0 Å². The van der Waals surface area contributed by atoms with Crippen molar-refractivity contribution >= 4 is 11.8 Å². The van der Waals surface area contributed by atoms with Crippen LogP contribution in [0, 0.1) is 0 Å². The molecule has 0 aliphatic rings. The number of hydrogen-bond acceptors (Lipinski definition) is 4. The molecule has 0 fully saturated rings. The molecule has 2 amide bonds. The molecule has 6 nitrogen and oxygen atoms in total. The molecule has 6 heteroatoms. The Morgan fingerprint density at radius 2 is 1.62 bits per heavy atom. The van der Waals surface area contributed by atoms with Crippen LogP contribution in [0.15, 0.2) is 78.9 Å². The van der Waals surface area contributed by atoms with Crippen molar-refractivity contribution in [2.45, 2.75) is 65.0 Å². The molecule has 0 saturated carbocycles. The van der Waals surface area contributed by atoms with Gasteiger partial charge in [0.15, 0.2) is 6.61 Å². The molecule has 3 aromatic rings. The number of nitrogens with one attached hydrogen (secondary N) is 1. The van der Waals surface area contributed by atoms with Crippen molar-refractivity contribution in [1.82, 2.24) is 10.2 Å². The predicted molar refractivity (Wildman–Crippen MR) is 156 cm³/mol. The number of rotatable bonds is 13. The molecular weight excluding hydrogens is 488 g/mol. The van der Waals surface area contributed by atoms with E-state index in [0.29, 0.717) is 24.5 Å². The zero-order valence-electron chi connectivity index (χ0n) is 23.9. The molecule has 0 saturated heterocycles. The molecule has 0 aliphatic heterocycles. The monoisotopic (exact) mass is 530 g/mol. The van der Waals surface area contributed by atoms with Crippen LogP contribution >= 0.6 is 0 Å². The first-order valence-electron chi connectivity index (χ1n) is 13.7. The highest BCUT2D eigenvalue weighted by atomic mass is 16.5. The number of hydrogen-bond donors (Lipinski definition) is 1. The number of carbonyl (C=O) groups excluding carboxylic acids is 2. The largest absolute Gasteiger partial charge is 0.497 e. The van der Waals surface area contributed by atoms with Crippen molar-refractivity contribution in [3.05, 3.63) is 95.6 Å². The fraction of sp³-hybridized carbons (Fsp3) is 0.394. The summed E-state index contributed by atoms with van der Waals surface area (Å²) in [6, 6.07) is 24.5. The Balaban J connectivity index is 1.94. The Hall–Kier alpha value is -3.80. The molecule has 0 bridgehead atoms. The van der Waals surface area contributed by atoms with E-state index in [9.17, 15) is 9.59 Å². The summed E-state index contributed by atoms with van der Waals surface area (Å²) in [5.41, 5.74) is 2.73. The van der Waals surface area contributed by atoms with Gasteiger partial charge < -0.3 is 19.7 Å². The van der Waals surface area contributed by atoms with E-state index in [0.717, 1.165) is 29.5 Å². The van der Waals surface area contributed by atoms with Gasteiger partial charge in [0, 0.05) is 19.5 Å². The fourth-order valence-electron chi connectivity index (χ4n) is 4.46. The third-order valence-corrected chi connectivity index (χ3v) is 6.63. The molecule has 39 heavy (non-hydrogen) atoms. The molecule has 3 rings (SSSR count). The number of amides is 2. The predicted octanol–water partition coefficient (Wildman–Crippen LogP) is 5.93. The van der Waals surface area contributed by atoms with Crippen molar-refractivity contribution in [2.24, 2.45) is 0 Å². The second kappa shape index (κ2) is 14.4. The van der Waals surface area contributed by atoms with Gasteiger partial charge in [-0.2, -0.15) is 0 Å². The van der Waals surface area contributed by atoms with Gasteiger partial charge in [-0.3, -0.25) is 9.59 Å². The number of unbranched alkanes of at least 4 members (excludes halogenated alkanes) is 1. The van der Waals surface area contributed by atoms with Gasteiger partial charge in [-0.1, -0.05) is 94.8 Å². The molecule has 208 valence electrons. The Morgan fingerprint density at radius 3 is 2.31 bits per heavy atom. The van der Waals surface area contributed by atoms with Gasteiger partial charge in [0.25, 0.3) is 5.91 Å². The molecule has 3 aromatic carbocycles. The average Bonchev–Trinajstić information content (AvgIpc) is 2.94. The lowest BCUT2D eigenvalue weighted by Crippen LogP contribution is -2.51. The molecular formula is C33H42N2O4. The number of nitrogens with zero attached hydrogens (tertiary/aromatic N) is 1. The third kappa shape index (κ3) is 8.88. The summed E-state index contributed by atoms with van der Waals surface area (Å²) in [6.07, 6.45) is 2.24. The van der Waals surface area contributed by atoms with Crippen LogP contribution in [0.3, 0.4) is 0 Å². The van der Waals surface area contributed by atoms with Crippen LogP contribution in [0.5, 0.6) is 11.5 Å². The van der Waals surface area contributed by atoms with E-state index in [1.807, 2.05) is 78.9 Å². The normalized spacial score (nSPS) is 11.9. The van der Waals surface area contributed by atoms with Crippen molar-refractivity contribution in [1.29, 1.82) is 0 Å². The number of benzene rings is 3. The maximum atomic E-state index is 13.9. The van der Waals surface area contributed by atoms with Gasteiger partial charge >= 0.3 is 0 Å². The van der Waals surface area contributed by atoms with Gasteiger partial charge in [-0.25, -0.2) is 0 Å². The smallest absolute Gasteiger partial charge is 0.261 e. The molecule has 1 N–H and O–H groups in total. The zero-order valence-corrected chi connectivity index (χ0v) is 23.9.